The molecule has 0 saturated carbocycles. The third kappa shape index (κ3) is 7.42. The molecule has 0 unspecified atom stereocenters. The number of benzene rings is 1. The summed E-state index contributed by atoms with van der Waals surface area (Å²) in [4.78, 5) is 8.23. The zero-order chi connectivity index (χ0) is 15.6. The second-order valence-corrected chi connectivity index (χ2v) is 4.62. The summed E-state index contributed by atoms with van der Waals surface area (Å²) in [6, 6.07) is 10.1. The van der Waals surface area contributed by atoms with Gasteiger partial charge in [-0.05, 0) is 5.56 Å². The highest BCUT2D eigenvalue weighted by Crippen LogP contribution is 1.99. The first-order valence-corrected chi connectivity index (χ1v) is 7.13. The quantitative estimate of drug-likeness (QED) is 0.302. The SMILES string of the molecule is CN=C(NCCOCc1ccccc1)NCc1noc(C)n1.I. The topological polar surface area (TPSA) is 84.6 Å². The van der Waals surface area contributed by atoms with Gasteiger partial charge in [0.05, 0.1) is 19.8 Å². The van der Waals surface area contributed by atoms with Gasteiger partial charge in [0.15, 0.2) is 11.8 Å². The van der Waals surface area contributed by atoms with E-state index >= 15 is 0 Å². The summed E-state index contributed by atoms with van der Waals surface area (Å²) >= 11 is 0. The zero-order valence-corrected chi connectivity index (χ0v) is 15.6. The third-order valence-corrected chi connectivity index (χ3v) is 2.86. The Labute approximate surface area is 152 Å². The lowest BCUT2D eigenvalue weighted by atomic mass is 10.2. The van der Waals surface area contributed by atoms with Crippen molar-refractivity contribution in [3.63, 3.8) is 0 Å². The number of nitrogens with zero attached hydrogens (tertiary/aromatic N) is 3. The number of ether oxygens (including phenoxy) is 1. The highest BCUT2D eigenvalue weighted by atomic mass is 127. The van der Waals surface area contributed by atoms with Gasteiger partial charge in [-0.1, -0.05) is 35.5 Å². The van der Waals surface area contributed by atoms with Crippen molar-refractivity contribution in [1.29, 1.82) is 0 Å². The molecule has 0 aliphatic carbocycles. The number of hydrogen-bond acceptors (Lipinski definition) is 5. The summed E-state index contributed by atoms with van der Waals surface area (Å²) in [5.41, 5.74) is 1.16. The normalized spacial score (nSPS) is 11.0. The molecule has 0 radical (unpaired) electrons. The van der Waals surface area contributed by atoms with Gasteiger partial charge in [-0.3, -0.25) is 4.99 Å². The van der Waals surface area contributed by atoms with Crippen LogP contribution >= 0.6 is 24.0 Å². The molecule has 0 fully saturated rings. The molecule has 0 amide bonds. The minimum Gasteiger partial charge on any atom is -0.375 e. The first kappa shape index (κ1) is 19.4. The number of halogens is 1. The van der Waals surface area contributed by atoms with Crippen LogP contribution in [0.1, 0.15) is 17.3 Å². The number of rotatable bonds is 7. The van der Waals surface area contributed by atoms with Gasteiger partial charge in [0.25, 0.3) is 0 Å². The standard InChI is InChI=1S/C15H21N5O2.HI/c1-12-19-14(20-22-12)10-18-15(16-2)17-8-9-21-11-13-6-4-3-5-7-13;/h3-7H,8-11H2,1-2H3,(H2,16,17,18);1H. The molecule has 0 spiro atoms. The van der Waals surface area contributed by atoms with Crippen LogP contribution in [0, 0.1) is 6.92 Å². The second kappa shape index (κ2) is 10.9. The Morgan fingerprint density at radius 1 is 1.26 bits per heavy atom. The predicted octanol–water partition coefficient (Wildman–Crippen LogP) is 1.88. The van der Waals surface area contributed by atoms with Crippen molar-refractivity contribution >= 4 is 29.9 Å². The lowest BCUT2D eigenvalue weighted by molar-refractivity contribution is 0.125. The molecule has 0 atom stereocenters. The first-order valence-electron chi connectivity index (χ1n) is 7.13. The van der Waals surface area contributed by atoms with Crippen LogP contribution in [0.25, 0.3) is 0 Å². The number of nitrogens with one attached hydrogen (secondary N) is 2. The molecule has 126 valence electrons. The van der Waals surface area contributed by atoms with E-state index < -0.39 is 0 Å². The fourth-order valence-corrected chi connectivity index (χ4v) is 1.80. The average Bonchev–Trinajstić information content (AvgIpc) is 2.96. The molecular formula is C15H22IN5O2. The largest absolute Gasteiger partial charge is 0.375 e. The summed E-state index contributed by atoms with van der Waals surface area (Å²) in [7, 11) is 1.71. The molecule has 1 aromatic heterocycles. The summed E-state index contributed by atoms with van der Waals surface area (Å²) in [6.07, 6.45) is 0. The van der Waals surface area contributed by atoms with Crippen LogP contribution in [0.5, 0.6) is 0 Å². The molecule has 1 heterocycles. The van der Waals surface area contributed by atoms with E-state index in [1.807, 2.05) is 30.3 Å². The van der Waals surface area contributed by atoms with Crippen molar-refractivity contribution in [2.24, 2.45) is 4.99 Å². The molecular weight excluding hydrogens is 409 g/mol. The Kier molecular flexibility index (Phi) is 9.22. The van der Waals surface area contributed by atoms with Gasteiger partial charge < -0.3 is 19.9 Å². The van der Waals surface area contributed by atoms with Crippen LogP contribution in [0.4, 0.5) is 0 Å². The maximum absolute atomic E-state index is 5.60. The van der Waals surface area contributed by atoms with E-state index in [1.165, 1.54) is 0 Å². The molecule has 7 nitrogen and oxygen atoms in total. The van der Waals surface area contributed by atoms with Crippen molar-refractivity contribution in [2.75, 3.05) is 20.2 Å². The van der Waals surface area contributed by atoms with Crippen molar-refractivity contribution in [3.05, 3.63) is 47.6 Å². The molecule has 1 aromatic carbocycles. The Hall–Kier alpha value is -1.68. The summed E-state index contributed by atoms with van der Waals surface area (Å²) in [5, 5.41) is 10.1. The van der Waals surface area contributed by atoms with Gasteiger partial charge in [0.2, 0.25) is 5.89 Å². The maximum Gasteiger partial charge on any atom is 0.223 e. The van der Waals surface area contributed by atoms with Crippen LogP contribution in [-0.2, 0) is 17.9 Å². The van der Waals surface area contributed by atoms with Gasteiger partial charge in [0.1, 0.15) is 0 Å². The van der Waals surface area contributed by atoms with Crippen molar-refractivity contribution in [2.45, 2.75) is 20.1 Å². The third-order valence-electron chi connectivity index (χ3n) is 2.86. The molecule has 23 heavy (non-hydrogen) atoms. The van der Waals surface area contributed by atoms with E-state index in [0.29, 0.717) is 44.0 Å². The molecule has 8 heteroatoms. The first-order chi connectivity index (χ1) is 10.8. The van der Waals surface area contributed by atoms with Gasteiger partial charge in [-0.15, -0.1) is 24.0 Å². The highest BCUT2D eigenvalue weighted by molar-refractivity contribution is 14.0. The van der Waals surface area contributed by atoms with Crippen LogP contribution in [-0.4, -0.2) is 36.3 Å². The van der Waals surface area contributed by atoms with E-state index in [-0.39, 0.29) is 24.0 Å². The van der Waals surface area contributed by atoms with Crippen molar-refractivity contribution in [1.82, 2.24) is 20.8 Å². The van der Waals surface area contributed by atoms with Gasteiger partial charge in [0, 0.05) is 20.5 Å². The lowest BCUT2D eigenvalue weighted by Crippen LogP contribution is -2.38. The van der Waals surface area contributed by atoms with Crippen LogP contribution in [0.15, 0.2) is 39.8 Å². The summed E-state index contributed by atoms with van der Waals surface area (Å²) in [5.74, 6) is 1.82. The second-order valence-electron chi connectivity index (χ2n) is 4.62. The average molecular weight is 431 g/mol. The molecule has 2 aromatic rings. The van der Waals surface area contributed by atoms with Gasteiger partial charge in [-0.25, -0.2) is 0 Å². The number of guanidine groups is 1. The zero-order valence-electron chi connectivity index (χ0n) is 13.3. The molecule has 0 saturated heterocycles. The van der Waals surface area contributed by atoms with Crippen LogP contribution in [0.3, 0.4) is 0 Å². The van der Waals surface area contributed by atoms with E-state index in [4.69, 9.17) is 9.26 Å². The number of aliphatic imine (C=N–C) groups is 1. The number of aryl methyl sites for hydroxylation is 1. The van der Waals surface area contributed by atoms with E-state index in [1.54, 1.807) is 14.0 Å². The van der Waals surface area contributed by atoms with E-state index in [2.05, 4.69) is 25.8 Å². The smallest absolute Gasteiger partial charge is 0.223 e. The number of hydrogen-bond donors (Lipinski definition) is 2. The van der Waals surface area contributed by atoms with Crippen molar-refractivity contribution in [3.8, 4) is 0 Å². The molecule has 2 N–H and O–H groups in total. The Morgan fingerprint density at radius 3 is 2.70 bits per heavy atom. The Morgan fingerprint density at radius 2 is 2.04 bits per heavy atom. The summed E-state index contributed by atoms with van der Waals surface area (Å²) in [6.45, 7) is 4.08. The maximum atomic E-state index is 5.60. The Balaban J connectivity index is 0.00000264. The number of aromatic nitrogens is 2. The van der Waals surface area contributed by atoms with Gasteiger partial charge >= 0.3 is 0 Å². The fraction of sp³-hybridized carbons (Fsp3) is 0.400. The highest BCUT2D eigenvalue weighted by Gasteiger charge is 2.03. The summed E-state index contributed by atoms with van der Waals surface area (Å²) < 4.78 is 10.5. The minimum atomic E-state index is 0. The van der Waals surface area contributed by atoms with Crippen LogP contribution < -0.4 is 10.6 Å². The monoisotopic (exact) mass is 431 g/mol. The minimum absolute atomic E-state index is 0. The molecule has 0 bridgehead atoms. The van der Waals surface area contributed by atoms with E-state index in [9.17, 15) is 0 Å². The predicted molar refractivity (Wildman–Crippen MR) is 98.7 cm³/mol. The van der Waals surface area contributed by atoms with E-state index in [0.717, 1.165) is 5.56 Å². The molecule has 0 aliphatic heterocycles. The molecule has 0 aliphatic rings. The fourth-order valence-electron chi connectivity index (χ4n) is 1.80. The Bertz CT molecular complexity index is 589. The van der Waals surface area contributed by atoms with Crippen molar-refractivity contribution < 1.29 is 9.26 Å². The molecule has 2 rings (SSSR count). The van der Waals surface area contributed by atoms with Gasteiger partial charge in [-0.2, -0.15) is 4.98 Å². The lowest BCUT2D eigenvalue weighted by Gasteiger charge is -2.10. The van der Waals surface area contributed by atoms with Crippen LogP contribution in [0.2, 0.25) is 0 Å².